The van der Waals surface area contributed by atoms with Crippen molar-refractivity contribution in [2.45, 2.75) is 27.2 Å². The molecule has 0 atom stereocenters. The number of halogens is 1. The van der Waals surface area contributed by atoms with Crippen molar-refractivity contribution in [3.63, 3.8) is 0 Å². The molecule has 0 bridgehead atoms. The zero-order chi connectivity index (χ0) is 15.2. The number of rotatable bonds is 6. The first-order valence-electron chi connectivity index (χ1n) is 6.67. The van der Waals surface area contributed by atoms with Crippen LogP contribution in [0.15, 0.2) is 29.8 Å². The number of nitrogens with one attached hydrogen (secondary N) is 1. The third kappa shape index (κ3) is 5.76. The summed E-state index contributed by atoms with van der Waals surface area (Å²) in [4.78, 5) is 12.0. The standard InChI is InChI=1S/C16H22ClNO2/c1-12(10-13-4-6-14(17)7-5-13)15(20)18-11-16(2,3)8-9-19/h4-7,10,19H,8-9,11H2,1-3H3,(H,18,20)/b12-10-. The average molecular weight is 296 g/mol. The van der Waals surface area contributed by atoms with E-state index in [0.29, 0.717) is 23.6 Å². The third-order valence-electron chi connectivity index (χ3n) is 3.13. The Labute approximate surface area is 125 Å². The predicted octanol–water partition coefficient (Wildman–Crippen LogP) is 3.27. The molecule has 20 heavy (non-hydrogen) atoms. The first-order valence-corrected chi connectivity index (χ1v) is 7.05. The Morgan fingerprint density at radius 3 is 2.50 bits per heavy atom. The SMILES string of the molecule is C/C(=C/c1ccc(Cl)cc1)C(=O)NCC(C)(C)CCO. The molecular formula is C16H22ClNO2. The van der Waals surface area contributed by atoms with Gasteiger partial charge in [0.15, 0.2) is 0 Å². The zero-order valence-electron chi connectivity index (χ0n) is 12.2. The Bertz CT molecular complexity index is 478. The van der Waals surface area contributed by atoms with Gasteiger partial charge in [0.1, 0.15) is 0 Å². The van der Waals surface area contributed by atoms with Crippen LogP contribution < -0.4 is 5.32 Å². The number of benzene rings is 1. The molecule has 0 aliphatic heterocycles. The monoisotopic (exact) mass is 295 g/mol. The lowest BCUT2D eigenvalue weighted by atomic mass is 9.89. The lowest BCUT2D eigenvalue weighted by Gasteiger charge is -2.23. The molecule has 0 spiro atoms. The third-order valence-corrected chi connectivity index (χ3v) is 3.38. The van der Waals surface area contributed by atoms with E-state index in [-0.39, 0.29) is 17.9 Å². The molecule has 110 valence electrons. The zero-order valence-corrected chi connectivity index (χ0v) is 13.0. The van der Waals surface area contributed by atoms with Crippen LogP contribution in [-0.4, -0.2) is 24.2 Å². The van der Waals surface area contributed by atoms with Crippen molar-refractivity contribution in [3.8, 4) is 0 Å². The topological polar surface area (TPSA) is 49.3 Å². The molecule has 4 heteroatoms. The average Bonchev–Trinajstić information content (AvgIpc) is 2.38. The van der Waals surface area contributed by atoms with E-state index in [0.717, 1.165) is 5.56 Å². The summed E-state index contributed by atoms with van der Waals surface area (Å²) in [6.07, 6.45) is 2.48. The van der Waals surface area contributed by atoms with E-state index < -0.39 is 0 Å². The molecule has 0 heterocycles. The van der Waals surface area contributed by atoms with E-state index in [1.54, 1.807) is 19.1 Å². The number of aliphatic hydroxyl groups is 1. The fourth-order valence-electron chi connectivity index (χ4n) is 1.72. The fraction of sp³-hybridized carbons (Fsp3) is 0.438. The van der Waals surface area contributed by atoms with E-state index in [9.17, 15) is 4.79 Å². The Kier molecular flexibility index (Phi) is 6.24. The van der Waals surface area contributed by atoms with E-state index in [2.05, 4.69) is 5.32 Å². The van der Waals surface area contributed by atoms with Gasteiger partial charge in [0.2, 0.25) is 5.91 Å². The molecule has 0 saturated carbocycles. The van der Waals surface area contributed by atoms with Gasteiger partial charge in [-0.3, -0.25) is 4.79 Å². The van der Waals surface area contributed by atoms with Crippen molar-refractivity contribution in [2.24, 2.45) is 5.41 Å². The minimum absolute atomic E-state index is 0.0917. The van der Waals surface area contributed by atoms with Crippen LogP contribution in [0.4, 0.5) is 0 Å². The van der Waals surface area contributed by atoms with Gasteiger partial charge in [-0.25, -0.2) is 0 Å². The van der Waals surface area contributed by atoms with Gasteiger partial charge < -0.3 is 10.4 Å². The highest BCUT2D eigenvalue weighted by Gasteiger charge is 2.18. The maximum Gasteiger partial charge on any atom is 0.246 e. The number of amides is 1. The first kappa shape index (κ1) is 16.7. The highest BCUT2D eigenvalue weighted by atomic mass is 35.5. The molecule has 1 aromatic carbocycles. The second kappa shape index (κ2) is 7.46. The molecule has 0 aromatic heterocycles. The summed E-state index contributed by atoms with van der Waals surface area (Å²) in [5.74, 6) is -0.0917. The minimum atomic E-state index is -0.106. The molecule has 0 aliphatic rings. The molecule has 0 fully saturated rings. The summed E-state index contributed by atoms with van der Waals surface area (Å²) in [6, 6.07) is 7.33. The maximum absolute atomic E-state index is 12.0. The lowest BCUT2D eigenvalue weighted by molar-refractivity contribution is -0.117. The van der Waals surface area contributed by atoms with Gasteiger partial charge in [-0.1, -0.05) is 37.6 Å². The summed E-state index contributed by atoms with van der Waals surface area (Å²) in [7, 11) is 0. The minimum Gasteiger partial charge on any atom is -0.396 e. The molecule has 0 radical (unpaired) electrons. The van der Waals surface area contributed by atoms with E-state index in [4.69, 9.17) is 16.7 Å². The van der Waals surface area contributed by atoms with Gasteiger partial charge in [-0.15, -0.1) is 0 Å². The molecular weight excluding hydrogens is 274 g/mol. The second-order valence-corrected chi connectivity index (χ2v) is 6.14. The highest BCUT2D eigenvalue weighted by molar-refractivity contribution is 6.30. The van der Waals surface area contributed by atoms with Gasteiger partial charge in [0, 0.05) is 23.7 Å². The number of hydrogen-bond donors (Lipinski definition) is 2. The van der Waals surface area contributed by atoms with Crippen LogP contribution in [0.3, 0.4) is 0 Å². The fourth-order valence-corrected chi connectivity index (χ4v) is 1.85. The van der Waals surface area contributed by atoms with Crippen molar-refractivity contribution < 1.29 is 9.90 Å². The lowest BCUT2D eigenvalue weighted by Crippen LogP contribution is -2.34. The van der Waals surface area contributed by atoms with Crippen LogP contribution in [-0.2, 0) is 4.79 Å². The predicted molar refractivity (Wildman–Crippen MR) is 83.6 cm³/mol. The van der Waals surface area contributed by atoms with E-state index in [1.165, 1.54) is 0 Å². The van der Waals surface area contributed by atoms with Gasteiger partial charge >= 0.3 is 0 Å². The molecule has 0 aliphatic carbocycles. The quantitative estimate of drug-likeness (QED) is 0.791. The number of hydrogen-bond acceptors (Lipinski definition) is 2. The highest BCUT2D eigenvalue weighted by Crippen LogP contribution is 2.18. The molecule has 0 saturated heterocycles. The summed E-state index contributed by atoms with van der Waals surface area (Å²) in [5, 5.41) is 12.5. The summed E-state index contributed by atoms with van der Waals surface area (Å²) in [5.41, 5.74) is 1.48. The van der Waals surface area contributed by atoms with Crippen molar-refractivity contribution >= 4 is 23.6 Å². The number of aliphatic hydroxyl groups excluding tert-OH is 1. The first-order chi connectivity index (χ1) is 9.34. The molecule has 2 N–H and O–H groups in total. The van der Waals surface area contributed by atoms with Crippen LogP contribution in [0.25, 0.3) is 6.08 Å². The second-order valence-electron chi connectivity index (χ2n) is 5.70. The molecule has 1 aromatic rings. The van der Waals surface area contributed by atoms with Crippen LogP contribution in [0.5, 0.6) is 0 Å². The van der Waals surface area contributed by atoms with Crippen LogP contribution in [0, 0.1) is 5.41 Å². The Morgan fingerprint density at radius 2 is 1.95 bits per heavy atom. The van der Waals surface area contributed by atoms with E-state index >= 15 is 0 Å². The van der Waals surface area contributed by atoms with Gasteiger partial charge in [-0.05, 0) is 42.5 Å². The normalized spacial score (nSPS) is 12.3. The van der Waals surface area contributed by atoms with Crippen molar-refractivity contribution in [2.75, 3.05) is 13.2 Å². The number of carbonyl (C=O) groups excluding carboxylic acids is 1. The Morgan fingerprint density at radius 1 is 1.35 bits per heavy atom. The largest absolute Gasteiger partial charge is 0.396 e. The van der Waals surface area contributed by atoms with E-state index in [1.807, 2.05) is 32.1 Å². The Balaban J connectivity index is 2.61. The molecule has 3 nitrogen and oxygen atoms in total. The Hall–Kier alpha value is -1.32. The molecule has 0 unspecified atom stereocenters. The summed E-state index contributed by atoms with van der Waals surface area (Å²) >= 11 is 5.82. The van der Waals surface area contributed by atoms with Gasteiger partial charge in [0.05, 0.1) is 0 Å². The smallest absolute Gasteiger partial charge is 0.246 e. The van der Waals surface area contributed by atoms with Crippen LogP contribution in [0.1, 0.15) is 32.8 Å². The maximum atomic E-state index is 12.0. The van der Waals surface area contributed by atoms with Crippen LogP contribution in [0.2, 0.25) is 5.02 Å². The van der Waals surface area contributed by atoms with Crippen molar-refractivity contribution in [1.82, 2.24) is 5.32 Å². The van der Waals surface area contributed by atoms with Gasteiger partial charge in [0.25, 0.3) is 0 Å². The van der Waals surface area contributed by atoms with Crippen LogP contribution >= 0.6 is 11.6 Å². The van der Waals surface area contributed by atoms with Crippen molar-refractivity contribution in [1.29, 1.82) is 0 Å². The summed E-state index contributed by atoms with van der Waals surface area (Å²) in [6.45, 7) is 6.48. The molecule has 1 rings (SSSR count). The number of carbonyl (C=O) groups is 1. The van der Waals surface area contributed by atoms with Crippen molar-refractivity contribution in [3.05, 3.63) is 40.4 Å². The summed E-state index contributed by atoms with van der Waals surface area (Å²) < 4.78 is 0. The molecule has 1 amide bonds. The van der Waals surface area contributed by atoms with Gasteiger partial charge in [-0.2, -0.15) is 0 Å².